The summed E-state index contributed by atoms with van der Waals surface area (Å²) in [6, 6.07) is 18.8. The highest BCUT2D eigenvalue weighted by molar-refractivity contribution is 7.92. The quantitative estimate of drug-likeness (QED) is 0.507. The monoisotopic (exact) mass is 478 g/mol. The average molecular weight is 479 g/mol. The van der Waals surface area contributed by atoms with Crippen molar-refractivity contribution in [3.63, 3.8) is 0 Å². The Morgan fingerprint density at radius 3 is 2.44 bits per heavy atom. The molecule has 1 atom stereocenters. The van der Waals surface area contributed by atoms with Gasteiger partial charge in [-0.1, -0.05) is 36.4 Å². The lowest BCUT2D eigenvalue weighted by Gasteiger charge is -2.35. The van der Waals surface area contributed by atoms with Crippen LogP contribution >= 0.6 is 0 Å². The van der Waals surface area contributed by atoms with Crippen LogP contribution in [0.3, 0.4) is 0 Å². The molecule has 8 heteroatoms. The summed E-state index contributed by atoms with van der Waals surface area (Å²) in [6.07, 6.45) is 0.610. The number of sulfonamides is 1. The maximum absolute atomic E-state index is 13.5. The Bertz CT molecular complexity index is 1300. The average Bonchev–Trinajstić information content (AvgIpc) is 2.83. The zero-order valence-corrected chi connectivity index (χ0v) is 19.8. The highest BCUT2D eigenvalue weighted by Gasteiger charge is 2.37. The van der Waals surface area contributed by atoms with Crippen molar-refractivity contribution in [2.75, 3.05) is 22.8 Å². The van der Waals surface area contributed by atoms with E-state index in [9.17, 15) is 13.2 Å². The third kappa shape index (κ3) is 4.92. The number of hydrogen-bond donors (Lipinski definition) is 1. The van der Waals surface area contributed by atoms with Gasteiger partial charge in [0.15, 0.2) is 6.10 Å². The van der Waals surface area contributed by atoms with E-state index >= 15 is 0 Å². The number of nitrogens with zero attached hydrogens (tertiary/aromatic N) is 1. The fourth-order valence-corrected chi connectivity index (χ4v) is 5.04. The Labute approximate surface area is 199 Å². The van der Waals surface area contributed by atoms with Crippen LogP contribution in [0.2, 0.25) is 0 Å². The molecule has 4 rings (SSSR count). The number of carbonyl (C=O) groups is 1. The van der Waals surface area contributed by atoms with E-state index in [4.69, 9.17) is 9.47 Å². The van der Waals surface area contributed by atoms with Crippen molar-refractivity contribution in [3.8, 4) is 11.5 Å². The van der Waals surface area contributed by atoms with Gasteiger partial charge in [0.05, 0.1) is 17.1 Å². The SMILES string of the molecule is C=CCOc1ccc(NC(=O)[C@@H]2CN(S(=O)(=O)c3ccc(C)cc3)c3cc(C)ccc3O2)cc1. The molecule has 1 amide bonds. The molecule has 0 aliphatic carbocycles. The zero-order chi connectivity index (χ0) is 24.3. The van der Waals surface area contributed by atoms with Gasteiger partial charge in [-0.15, -0.1) is 0 Å². The summed E-state index contributed by atoms with van der Waals surface area (Å²) in [5.74, 6) is 0.530. The molecule has 1 aliphatic rings. The molecule has 0 aromatic heterocycles. The molecule has 0 unspecified atom stereocenters. The lowest BCUT2D eigenvalue weighted by Crippen LogP contribution is -2.48. The summed E-state index contributed by atoms with van der Waals surface area (Å²) < 4.78 is 39.7. The first kappa shape index (κ1) is 23.4. The van der Waals surface area contributed by atoms with Gasteiger partial charge in [-0.2, -0.15) is 0 Å². The number of aryl methyl sites for hydroxylation is 2. The van der Waals surface area contributed by atoms with Crippen molar-refractivity contribution in [2.45, 2.75) is 24.8 Å². The van der Waals surface area contributed by atoms with Crippen LogP contribution in [0.1, 0.15) is 11.1 Å². The molecule has 3 aromatic carbocycles. The topological polar surface area (TPSA) is 84.9 Å². The maximum Gasteiger partial charge on any atom is 0.267 e. The lowest BCUT2D eigenvalue weighted by atomic mass is 10.1. The first-order valence-electron chi connectivity index (χ1n) is 10.8. The van der Waals surface area contributed by atoms with Gasteiger partial charge >= 0.3 is 0 Å². The van der Waals surface area contributed by atoms with Gasteiger partial charge < -0.3 is 14.8 Å². The van der Waals surface area contributed by atoms with Crippen LogP contribution in [0, 0.1) is 13.8 Å². The van der Waals surface area contributed by atoms with Gasteiger partial charge in [-0.25, -0.2) is 8.42 Å². The summed E-state index contributed by atoms with van der Waals surface area (Å²) >= 11 is 0. The van der Waals surface area contributed by atoms with Gasteiger partial charge in [0.1, 0.15) is 18.1 Å². The van der Waals surface area contributed by atoms with E-state index in [1.165, 1.54) is 4.31 Å². The second-order valence-corrected chi connectivity index (χ2v) is 9.90. The predicted octanol–water partition coefficient (Wildman–Crippen LogP) is 4.46. The summed E-state index contributed by atoms with van der Waals surface area (Å²) in [7, 11) is -3.91. The van der Waals surface area contributed by atoms with Gasteiger partial charge in [-0.05, 0) is 67.9 Å². The third-order valence-corrected chi connectivity index (χ3v) is 7.17. The van der Waals surface area contributed by atoms with Crippen LogP contribution in [-0.2, 0) is 14.8 Å². The first-order chi connectivity index (χ1) is 16.3. The molecule has 0 saturated carbocycles. The van der Waals surface area contributed by atoms with Gasteiger partial charge in [0.2, 0.25) is 0 Å². The molecule has 1 aliphatic heterocycles. The van der Waals surface area contributed by atoms with Crippen molar-refractivity contribution >= 4 is 27.3 Å². The number of rotatable bonds is 7. The second kappa shape index (κ2) is 9.61. The fourth-order valence-electron chi connectivity index (χ4n) is 3.58. The van der Waals surface area contributed by atoms with Crippen molar-refractivity contribution in [3.05, 3.63) is 90.5 Å². The molecule has 176 valence electrons. The molecule has 0 radical (unpaired) electrons. The molecular formula is C26H26N2O5S. The molecule has 0 fully saturated rings. The first-order valence-corrected chi connectivity index (χ1v) is 12.2. The number of amides is 1. The Balaban J connectivity index is 1.60. The van der Waals surface area contributed by atoms with Crippen molar-refractivity contribution < 1.29 is 22.7 Å². The van der Waals surface area contributed by atoms with Crippen LogP contribution in [0.15, 0.2) is 84.3 Å². The number of fused-ring (bicyclic) bond motifs is 1. The van der Waals surface area contributed by atoms with E-state index in [2.05, 4.69) is 11.9 Å². The molecule has 0 bridgehead atoms. The Kier molecular flexibility index (Phi) is 6.61. The Morgan fingerprint density at radius 1 is 1.09 bits per heavy atom. The second-order valence-electron chi connectivity index (χ2n) is 8.04. The molecule has 1 heterocycles. The third-order valence-electron chi connectivity index (χ3n) is 5.38. The van der Waals surface area contributed by atoms with Crippen LogP contribution in [0.4, 0.5) is 11.4 Å². The number of carbonyl (C=O) groups excluding carboxylic acids is 1. The molecule has 0 saturated heterocycles. The smallest absolute Gasteiger partial charge is 0.267 e. The highest BCUT2D eigenvalue weighted by Crippen LogP contribution is 2.38. The van der Waals surface area contributed by atoms with Gasteiger partial charge in [0, 0.05) is 5.69 Å². The summed E-state index contributed by atoms with van der Waals surface area (Å²) in [6.45, 7) is 7.60. The van der Waals surface area contributed by atoms with Crippen molar-refractivity contribution in [2.24, 2.45) is 0 Å². The summed E-state index contributed by atoms with van der Waals surface area (Å²) in [4.78, 5) is 13.2. The Hall–Kier alpha value is -3.78. The summed E-state index contributed by atoms with van der Waals surface area (Å²) in [5.41, 5.74) is 2.79. The normalized spacial score (nSPS) is 15.1. The Morgan fingerprint density at radius 2 is 1.76 bits per heavy atom. The summed E-state index contributed by atoms with van der Waals surface area (Å²) in [5, 5.41) is 2.80. The molecule has 0 spiro atoms. The van der Waals surface area contributed by atoms with E-state index in [0.29, 0.717) is 29.5 Å². The molecular weight excluding hydrogens is 452 g/mol. The fraction of sp³-hybridized carbons (Fsp3) is 0.192. The zero-order valence-electron chi connectivity index (χ0n) is 19.0. The minimum absolute atomic E-state index is 0.154. The standard InChI is InChI=1S/C26H26N2O5S/c1-4-15-32-21-10-8-20(9-11-21)27-26(29)25-17-28(23-16-19(3)7-14-24(23)33-25)34(30,31)22-12-5-18(2)6-13-22/h4-14,16,25H,1,15,17H2,2-3H3,(H,27,29)/t25-/m0/s1. The number of hydrogen-bond acceptors (Lipinski definition) is 5. The van der Waals surface area contributed by atoms with E-state index in [0.717, 1.165) is 11.1 Å². The van der Waals surface area contributed by atoms with Gasteiger partial charge in [0.25, 0.3) is 15.9 Å². The highest BCUT2D eigenvalue weighted by atomic mass is 32.2. The van der Waals surface area contributed by atoms with Crippen LogP contribution in [0.5, 0.6) is 11.5 Å². The predicted molar refractivity (Wildman–Crippen MR) is 132 cm³/mol. The van der Waals surface area contributed by atoms with Crippen molar-refractivity contribution in [1.29, 1.82) is 0 Å². The molecule has 1 N–H and O–H groups in total. The van der Waals surface area contributed by atoms with E-state index in [1.807, 2.05) is 19.9 Å². The number of benzene rings is 3. The lowest BCUT2D eigenvalue weighted by molar-refractivity contribution is -0.122. The van der Waals surface area contributed by atoms with E-state index in [1.54, 1.807) is 66.7 Å². The van der Waals surface area contributed by atoms with Crippen LogP contribution in [-0.4, -0.2) is 33.6 Å². The number of nitrogens with one attached hydrogen (secondary N) is 1. The molecule has 3 aromatic rings. The van der Waals surface area contributed by atoms with Gasteiger partial charge in [-0.3, -0.25) is 9.10 Å². The minimum atomic E-state index is -3.91. The minimum Gasteiger partial charge on any atom is -0.490 e. The number of anilines is 2. The maximum atomic E-state index is 13.5. The number of ether oxygens (including phenoxy) is 2. The molecule has 7 nitrogen and oxygen atoms in total. The van der Waals surface area contributed by atoms with Crippen LogP contribution < -0.4 is 19.1 Å². The van der Waals surface area contributed by atoms with Crippen molar-refractivity contribution in [1.82, 2.24) is 0 Å². The molecule has 34 heavy (non-hydrogen) atoms. The van der Waals surface area contributed by atoms with E-state index in [-0.39, 0.29) is 11.4 Å². The largest absolute Gasteiger partial charge is 0.490 e. The van der Waals surface area contributed by atoms with Crippen LogP contribution in [0.25, 0.3) is 0 Å². The van der Waals surface area contributed by atoms with E-state index < -0.39 is 22.0 Å².